The predicted molar refractivity (Wildman–Crippen MR) is 128 cm³/mol. The molecule has 0 aliphatic carbocycles. The summed E-state index contributed by atoms with van der Waals surface area (Å²) >= 11 is 0. The minimum absolute atomic E-state index is 0.178. The van der Waals surface area contributed by atoms with E-state index in [1.807, 2.05) is 36.3 Å². The van der Waals surface area contributed by atoms with Crippen molar-refractivity contribution in [2.75, 3.05) is 46.2 Å². The van der Waals surface area contributed by atoms with Gasteiger partial charge < -0.3 is 29.6 Å². The summed E-state index contributed by atoms with van der Waals surface area (Å²) in [6.07, 6.45) is 6.57. The molecule has 2 aromatic heterocycles. The molecule has 2 bridgehead atoms. The molecule has 33 heavy (non-hydrogen) atoms. The molecule has 3 aromatic rings. The number of carbonyl (C=O) groups is 1. The van der Waals surface area contributed by atoms with E-state index in [0.717, 1.165) is 67.0 Å². The molecule has 1 aliphatic heterocycles. The van der Waals surface area contributed by atoms with Gasteiger partial charge in [0.05, 0.1) is 19.1 Å². The Kier molecular flexibility index (Phi) is 7.29. The van der Waals surface area contributed by atoms with Crippen molar-refractivity contribution >= 4 is 28.4 Å². The number of ether oxygens (including phenoxy) is 2. The molecule has 0 atom stereocenters. The molecule has 0 spiro atoms. The van der Waals surface area contributed by atoms with Gasteiger partial charge in [-0.3, -0.25) is 4.79 Å². The minimum atomic E-state index is 0.178. The van der Waals surface area contributed by atoms with Crippen LogP contribution in [-0.4, -0.2) is 71.6 Å². The number of nitrogens with one attached hydrogen (secondary N) is 2. The topological polar surface area (TPSA) is 95.6 Å². The third kappa shape index (κ3) is 5.54. The van der Waals surface area contributed by atoms with E-state index in [1.54, 1.807) is 13.4 Å². The van der Waals surface area contributed by atoms with Crippen molar-refractivity contribution in [3.8, 4) is 11.5 Å². The van der Waals surface area contributed by atoms with Crippen molar-refractivity contribution in [3.63, 3.8) is 0 Å². The number of rotatable bonds is 1. The Morgan fingerprint density at radius 1 is 1.12 bits per heavy atom. The average Bonchev–Trinajstić information content (AvgIpc) is 3.22. The summed E-state index contributed by atoms with van der Waals surface area (Å²) < 4.78 is 11.5. The number of amides is 1. The number of benzene rings is 1. The Morgan fingerprint density at radius 2 is 2.00 bits per heavy atom. The number of hydrogen-bond donors (Lipinski definition) is 2. The van der Waals surface area contributed by atoms with E-state index < -0.39 is 0 Å². The molecule has 0 fully saturated rings. The molecule has 1 amide bonds. The molecule has 4 rings (SSSR count). The molecule has 3 heterocycles. The smallest absolute Gasteiger partial charge is 0.222 e. The van der Waals surface area contributed by atoms with Crippen LogP contribution in [0.5, 0.6) is 11.5 Å². The van der Waals surface area contributed by atoms with Crippen molar-refractivity contribution in [2.24, 2.45) is 0 Å². The summed E-state index contributed by atoms with van der Waals surface area (Å²) in [4.78, 5) is 28.7. The third-order valence-electron chi connectivity index (χ3n) is 5.92. The first-order valence-corrected chi connectivity index (χ1v) is 11.4. The number of carbonyl (C=O) groups excluding carboxylic acids is 1. The fraction of sp³-hybridized carbons (Fsp3) is 0.458. The van der Waals surface area contributed by atoms with Crippen LogP contribution in [0.3, 0.4) is 0 Å². The number of anilines is 2. The Morgan fingerprint density at radius 3 is 2.85 bits per heavy atom. The van der Waals surface area contributed by atoms with Crippen LogP contribution < -0.4 is 14.8 Å². The molecule has 0 saturated heterocycles. The Bertz CT molecular complexity index is 1100. The highest BCUT2D eigenvalue weighted by Crippen LogP contribution is 2.33. The van der Waals surface area contributed by atoms with Gasteiger partial charge in [-0.05, 0) is 50.6 Å². The van der Waals surface area contributed by atoms with Crippen molar-refractivity contribution < 1.29 is 14.3 Å². The van der Waals surface area contributed by atoms with Gasteiger partial charge in [-0.25, -0.2) is 9.97 Å². The Balaban J connectivity index is 1.65. The molecule has 0 radical (unpaired) electrons. The first kappa shape index (κ1) is 22.8. The molecule has 176 valence electrons. The van der Waals surface area contributed by atoms with Crippen LogP contribution in [-0.2, 0) is 11.3 Å². The predicted octanol–water partition coefficient (Wildman–Crippen LogP) is 3.55. The lowest BCUT2D eigenvalue weighted by Crippen LogP contribution is -2.30. The lowest BCUT2D eigenvalue weighted by molar-refractivity contribution is -0.130. The van der Waals surface area contributed by atoms with Crippen LogP contribution in [0.15, 0.2) is 30.7 Å². The van der Waals surface area contributed by atoms with Crippen LogP contribution in [0.2, 0.25) is 0 Å². The van der Waals surface area contributed by atoms with Gasteiger partial charge in [0.1, 0.15) is 17.8 Å². The highest BCUT2D eigenvalue weighted by atomic mass is 16.5. The number of nitrogens with zero attached hydrogens (tertiary/aromatic N) is 4. The lowest BCUT2D eigenvalue weighted by Gasteiger charge is -2.20. The maximum Gasteiger partial charge on any atom is 0.222 e. The SMILES string of the molecule is COc1ccc2cc1OCCCCC(=O)N(C)CCCN(C)Cc1c[nH]c3ncnc(c13)N2. The van der Waals surface area contributed by atoms with Gasteiger partial charge >= 0.3 is 0 Å². The molecular weight excluding hydrogens is 420 g/mol. The van der Waals surface area contributed by atoms with Crippen molar-refractivity contribution in [1.82, 2.24) is 24.8 Å². The van der Waals surface area contributed by atoms with Crippen molar-refractivity contribution in [2.45, 2.75) is 32.2 Å². The van der Waals surface area contributed by atoms with Crippen LogP contribution >= 0.6 is 0 Å². The van der Waals surface area contributed by atoms with Crippen molar-refractivity contribution in [3.05, 3.63) is 36.3 Å². The second-order valence-electron chi connectivity index (χ2n) is 8.46. The normalized spacial score (nSPS) is 16.9. The number of aromatic nitrogens is 3. The standard InChI is InChI=1S/C24H32N6O3/c1-29-10-6-11-30(2)21(31)7-4-5-12-33-20-13-18(8-9-19(20)32-3)28-24-22-17(15-29)14-25-23(22)26-16-27-24/h8-9,13-14,16H,4-7,10-12,15H2,1-3H3,(H2,25,26,27,28). The Hall–Kier alpha value is -3.33. The molecular formula is C24H32N6O3. The zero-order valence-electron chi connectivity index (χ0n) is 19.6. The van der Waals surface area contributed by atoms with Crippen LogP contribution in [0, 0.1) is 0 Å². The summed E-state index contributed by atoms with van der Waals surface area (Å²) in [5.74, 6) is 2.24. The average molecular weight is 453 g/mol. The van der Waals surface area contributed by atoms with Crippen molar-refractivity contribution in [1.29, 1.82) is 0 Å². The summed E-state index contributed by atoms with van der Waals surface area (Å²) in [6, 6.07) is 5.73. The lowest BCUT2D eigenvalue weighted by atomic mass is 10.2. The molecule has 0 saturated carbocycles. The van der Waals surface area contributed by atoms with Crippen LogP contribution in [0.25, 0.3) is 11.0 Å². The van der Waals surface area contributed by atoms with E-state index in [1.165, 1.54) is 0 Å². The summed E-state index contributed by atoms with van der Waals surface area (Å²) in [7, 11) is 5.60. The maximum absolute atomic E-state index is 12.4. The number of fused-ring (bicyclic) bond motifs is 2. The first-order valence-electron chi connectivity index (χ1n) is 11.4. The number of methoxy groups -OCH3 is 1. The number of aromatic amines is 1. The summed E-state index contributed by atoms with van der Waals surface area (Å²) in [6.45, 7) is 2.89. The van der Waals surface area contributed by atoms with E-state index in [9.17, 15) is 4.79 Å². The molecule has 0 unspecified atom stereocenters. The van der Waals surface area contributed by atoms with Gasteiger partial charge in [0.25, 0.3) is 0 Å². The fourth-order valence-corrected chi connectivity index (χ4v) is 4.07. The van der Waals surface area contributed by atoms with E-state index in [2.05, 4.69) is 32.2 Å². The zero-order valence-corrected chi connectivity index (χ0v) is 19.6. The van der Waals surface area contributed by atoms with Gasteiger partial charge in [0, 0.05) is 44.5 Å². The van der Waals surface area contributed by atoms with Crippen LogP contribution in [0.1, 0.15) is 31.2 Å². The largest absolute Gasteiger partial charge is 0.493 e. The monoisotopic (exact) mass is 452 g/mol. The highest BCUT2D eigenvalue weighted by molar-refractivity contribution is 5.92. The second-order valence-corrected chi connectivity index (χ2v) is 8.46. The highest BCUT2D eigenvalue weighted by Gasteiger charge is 2.15. The van der Waals surface area contributed by atoms with Gasteiger partial charge in [-0.2, -0.15) is 0 Å². The van der Waals surface area contributed by atoms with Gasteiger partial charge in [0.15, 0.2) is 11.5 Å². The molecule has 2 N–H and O–H groups in total. The van der Waals surface area contributed by atoms with E-state index in [0.29, 0.717) is 24.5 Å². The van der Waals surface area contributed by atoms with Crippen LogP contribution in [0.4, 0.5) is 11.5 Å². The fourth-order valence-electron chi connectivity index (χ4n) is 4.07. The maximum atomic E-state index is 12.4. The van der Waals surface area contributed by atoms with Gasteiger partial charge in [0.2, 0.25) is 5.91 Å². The molecule has 9 heteroatoms. The molecule has 1 aliphatic rings. The quantitative estimate of drug-likeness (QED) is 0.583. The second kappa shape index (κ2) is 10.5. The molecule has 1 aromatic carbocycles. The van der Waals surface area contributed by atoms with E-state index in [4.69, 9.17) is 9.47 Å². The number of H-pyrrole nitrogens is 1. The minimum Gasteiger partial charge on any atom is -0.493 e. The zero-order chi connectivity index (χ0) is 23.2. The number of hydrogen-bond acceptors (Lipinski definition) is 7. The van der Waals surface area contributed by atoms with Gasteiger partial charge in [-0.1, -0.05) is 0 Å². The summed E-state index contributed by atoms with van der Waals surface area (Å²) in [5.41, 5.74) is 2.75. The Labute approximate surface area is 194 Å². The van der Waals surface area contributed by atoms with E-state index >= 15 is 0 Å². The van der Waals surface area contributed by atoms with E-state index in [-0.39, 0.29) is 5.91 Å². The molecule has 9 nitrogen and oxygen atoms in total. The summed E-state index contributed by atoms with van der Waals surface area (Å²) in [5, 5.41) is 4.39. The third-order valence-corrected chi connectivity index (χ3v) is 5.92. The van der Waals surface area contributed by atoms with Gasteiger partial charge in [-0.15, -0.1) is 0 Å². The first-order chi connectivity index (χ1) is 16.0.